The summed E-state index contributed by atoms with van der Waals surface area (Å²) in [6.07, 6.45) is 0.860. The molecule has 8 nitrogen and oxygen atoms in total. The van der Waals surface area contributed by atoms with Gasteiger partial charge in [-0.15, -0.1) is 5.10 Å². The third kappa shape index (κ3) is 2.24. The second-order valence-electron chi connectivity index (χ2n) is 3.93. The maximum absolute atomic E-state index is 11.6. The quantitative estimate of drug-likeness (QED) is 0.761. The standard InChI is InChI=1S/C9H13N5O3/c1-2-3-14-11-9(10-12-14)13-5-6(8(16)17)4-7(13)15/h6H,2-5H2,1H3,(H,16,17). The van der Waals surface area contributed by atoms with Crippen LogP contribution in [0.1, 0.15) is 19.8 Å². The predicted octanol–water partition coefficient (Wildman–Crippen LogP) is -0.479. The number of aliphatic carboxylic acids is 1. The van der Waals surface area contributed by atoms with Gasteiger partial charge >= 0.3 is 5.97 Å². The Morgan fingerprint density at radius 3 is 2.94 bits per heavy atom. The first kappa shape index (κ1) is 11.5. The molecule has 0 aromatic carbocycles. The van der Waals surface area contributed by atoms with Gasteiger partial charge < -0.3 is 5.11 Å². The molecule has 2 rings (SSSR count). The fraction of sp³-hybridized carbons (Fsp3) is 0.667. The van der Waals surface area contributed by atoms with E-state index in [4.69, 9.17) is 5.11 Å². The number of hydrogen-bond donors (Lipinski definition) is 1. The first-order valence-electron chi connectivity index (χ1n) is 5.42. The van der Waals surface area contributed by atoms with Crippen LogP contribution < -0.4 is 4.90 Å². The SMILES string of the molecule is CCCn1nnc(N2CC(C(=O)O)CC2=O)n1. The zero-order chi connectivity index (χ0) is 12.4. The summed E-state index contributed by atoms with van der Waals surface area (Å²) in [4.78, 5) is 25.1. The zero-order valence-electron chi connectivity index (χ0n) is 9.41. The Balaban J connectivity index is 2.11. The van der Waals surface area contributed by atoms with Crippen LogP contribution in [0.15, 0.2) is 0 Å². The van der Waals surface area contributed by atoms with E-state index in [2.05, 4.69) is 15.4 Å². The van der Waals surface area contributed by atoms with Crippen molar-refractivity contribution in [1.82, 2.24) is 20.2 Å². The molecule has 1 aliphatic rings. The van der Waals surface area contributed by atoms with E-state index in [1.54, 1.807) is 0 Å². The van der Waals surface area contributed by atoms with E-state index < -0.39 is 11.9 Å². The summed E-state index contributed by atoms with van der Waals surface area (Å²) in [6.45, 7) is 2.72. The van der Waals surface area contributed by atoms with Crippen molar-refractivity contribution in [2.24, 2.45) is 5.92 Å². The fourth-order valence-electron chi connectivity index (χ4n) is 1.70. The van der Waals surface area contributed by atoms with E-state index >= 15 is 0 Å². The number of hydrogen-bond acceptors (Lipinski definition) is 5. The molecule has 1 aromatic heterocycles. The minimum atomic E-state index is -0.971. The Morgan fingerprint density at radius 2 is 2.35 bits per heavy atom. The van der Waals surface area contributed by atoms with E-state index in [0.29, 0.717) is 6.54 Å². The molecular formula is C9H13N5O3. The maximum atomic E-state index is 11.6. The molecule has 1 fully saturated rings. The molecular weight excluding hydrogens is 226 g/mol. The van der Waals surface area contributed by atoms with Crippen LogP contribution in [0, 0.1) is 5.92 Å². The summed E-state index contributed by atoms with van der Waals surface area (Å²) in [5, 5.41) is 20.4. The normalized spacial score (nSPS) is 19.9. The molecule has 0 aliphatic carbocycles. The number of carbonyl (C=O) groups is 2. The first-order chi connectivity index (χ1) is 8.11. The zero-order valence-corrected chi connectivity index (χ0v) is 9.41. The average Bonchev–Trinajstić information content (AvgIpc) is 2.85. The van der Waals surface area contributed by atoms with Gasteiger partial charge in [0.15, 0.2) is 0 Å². The molecule has 8 heteroatoms. The highest BCUT2D eigenvalue weighted by atomic mass is 16.4. The van der Waals surface area contributed by atoms with Gasteiger partial charge in [0.1, 0.15) is 0 Å². The smallest absolute Gasteiger partial charge is 0.308 e. The Morgan fingerprint density at radius 1 is 1.59 bits per heavy atom. The summed E-state index contributed by atoms with van der Waals surface area (Å²) in [5.41, 5.74) is 0. The van der Waals surface area contributed by atoms with E-state index in [0.717, 1.165) is 6.42 Å². The van der Waals surface area contributed by atoms with Crippen molar-refractivity contribution in [3.8, 4) is 0 Å². The van der Waals surface area contributed by atoms with Crippen molar-refractivity contribution in [3.63, 3.8) is 0 Å². The molecule has 1 aromatic rings. The number of tetrazole rings is 1. The number of carboxylic acid groups (broad SMARTS) is 1. The Labute approximate surface area is 97.2 Å². The van der Waals surface area contributed by atoms with Crippen LogP contribution in [0.2, 0.25) is 0 Å². The monoisotopic (exact) mass is 239 g/mol. The fourth-order valence-corrected chi connectivity index (χ4v) is 1.70. The number of anilines is 1. The molecule has 1 N–H and O–H groups in total. The second kappa shape index (κ2) is 4.48. The second-order valence-corrected chi connectivity index (χ2v) is 3.93. The predicted molar refractivity (Wildman–Crippen MR) is 56.2 cm³/mol. The number of rotatable bonds is 4. The molecule has 0 spiro atoms. The minimum Gasteiger partial charge on any atom is -0.481 e. The van der Waals surface area contributed by atoms with Gasteiger partial charge in [-0.1, -0.05) is 12.0 Å². The van der Waals surface area contributed by atoms with Crippen molar-refractivity contribution in [2.45, 2.75) is 26.3 Å². The number of nitrogens with zero attached hydrogens (tertiary/aromatic N) is 5. The number of aryl methyl sites for hydroxylation is 1. The highest BCUT2D eigenvalue weighted by molar-refractivity contribution is 5.97. The summed E-state index contributed by atoms with van der Waals surface area (Å²) >= 11 is 0. The van der Waals surface area contributed by atoms with E-state index in [-0.39, 0.29) is 24.8 Å². The van der Waals surface area contributed by atoms with Gasteiger partial charge in [0.25, 0.3) is 5.95 Å². The highest BCUT2D eigenvalue weighted by Gasteiger charge is 2.37. The van der Waals surface area contributed by atoms with Crippen LogP contribution in [0.4, 0.5) is 5.95 Å². The minimum absolute atomic E-state index is 0.00233. The number of amides is 1. The van der Waals surface area contributed by atoms with Crippen LogP contribution >= 0.6 is 0 Å². The number of carbonyl (C=O) groups excluding carboxylic acids is 1. The van der Waals surface area contributed by atoms with Gasteiger partial charge in [0.2, 0.25) is 5.91 Å². The van der Waals surface area contributed by atoms with Crippen molar-refractivity contribution < 1.29 is 14.7 Å². The van der Waals surface area contributed by atoms with Crippen molar-refractivity contribution >= 4 is 17.8 Å². The van der Waals surface area contributed by atoms with Crippen LogP contribution in [0.25, 0.3) is 0 Å². The van der Waals surface area contributed by atoms with E-state index in [9.17, 15) is 9.59 Å². The summed E-state index contributed by atoms with van der Waals surface area (Å²) in [5.74, 6) is -1.73. The Bertz CT molecular complexity index is 444. The maximum Gasteiger partial charge on any atom is 0.308 e. The lowest BCUT2D eigenvalue weighted by Crippen LogP contribution is -2.27. The van der Waals surface area contributed by atoms with Gasteiger partial charge in [-0.2, -0.15) is 4.80 Å². The van der Waals surface area contributed by atoms with Crippen molar-refractivity contribution in [3.05, 3.63) is 0 Å². The molecule has 0 saturated carbocycles. The molecule has 2 heterocycles. The number of carboxylic acids is 1. The molecule has 1 atom stereocenters. The van der Waals surface area contributed by atoms with Crippen molar-refractivity contribution in [1.29, 1.82) is 0 Å². The summed E-state index contributed by atoms with van der Waals surface area (Å²) in [6, 6.07) is 0. The van der Waals surface area contributed by atoms with E-state index in [1.807, 2.05) is 6.92 Å². The Kier molecular flexibility index (Phi) is 3.03. The molecule has 0 radical (unpaired) electrons. The lowest BCUT2D eigenvalue weighted by Gasteiger charge is -2.09. The van der Waals surface area contributed by atoms with Crippen LogP contribution in [-0.2, 0) is 16.1 Å². The van der Waals surface area contributed by atoms with Gasteiger partial charge in [-0.05, 0) is 11.6 Å². The van der Waals surface area contributed by atoms with Gasteiger partial charge in [-0.3, -0.25) is 14.5 Å². The van der Waals surface area contributed by atoms with Crippen LogP contribution in [0.3, 0.4) is 0 Å². The molecule has 17 heavy (non-hydrogen) atoms. The molecule has 92 valence electrons. The van der Waals surface area contributed by atoms with Crippen LogP contribution in [0.5, 0.6) is 0 Å². The van der Waals surface area contributed by atoms with E-state index in [1.165, 1.54) is 9.70 Å². The van der Waals surface area contributed by atoms with Gasteiger partial charge in [-0.25, -0.2) is 0 Å². The topological polar surface area (TPSA) is 101 Å². The van der Waals surface area contributed by atoms with Crippen LogP contribution in [-0.4, -0.2) is 43.7 Å². The third-order valence-electron chi connectivity index (χ3n) is 2.58. The van der Waals surface area contributed by atoms with Gasteiger partial charge in [0, 0.05) is 13.0 Å². The lowest BCUT2D eigenvalue weighted by molar-refractivity contribution is -0.141. The lowest BCUT2D eigenvalue weighted by atomic mass is 10.1. The molecule has 1 aliphatic heterocycles. The summed E-state index contributed by atoms with van der Waals surface area (Å²) in [7, 11) is 0. The molecule has 1 unspecified atom stereocenters. The largest absolute Gasteiger partial charge is 0.481 e. The van der Waals surface area contributed by atoms with Gasteiger partial charge in [0.05, 0.1) is 12.5 Å². The summed E-state index contributed by atoms with van der Waals surface area (Å²) < 4.78 is 0. The number of aromatic nitrogens is 4. The van der Waals surface area contributed by atoms with Crippen molar-refractivity contribution in [2.75, 3.05) is 11.4 Å². The first-order valence-corrected chi connectivity index (χ1v) is 5.42. The Hall–Kier alpha value is -1.99. The third-order valence-corrected chi connectivity index (χ3v) is 2.58. The molecule has 1 amide bonds. The average molecular weight is 239 g/mol. The molecule has 1 saturated heterocycles. The molecule has 0 bridgehead atoms. The highest BCUT2D eigenvalue weighted by Crippen LogP contribution is 2.21.